The predicted octanol–water partition coefficient (Wildman–Crippen LogP) is 2.86. The molecule has 2 aromatic heterocycles. The number of rotatable bonds is 5. The van der Waals surface area contributed by atoms with E-state index in [2.05, 4.69) is 29.3 Å². The van der Waals surface area contributed by atoms with Gasteiger partial charge in [0.25, 0.3) is 0 Å². The fourth-order valence-corrected chi connectivity index (χ4v) is 2.81. The number of benzene rings is 1. The van der Waals surface area contributed by atoms with Gasteiger partial charge in [0.05, 0.1) is 17.6 Å². The number of hydrogen-bond donors (Lipinski definition) is 1. The molecule has 2 heterocycles. The van der Waals surface area contributed by atoms with Gasteiger partial charge in [0.2, 0.25) is 0 Å². The van der Waals surface area contributed by atoms with Crippen LogP contribution in [0.4, 0.5) is 0 Å². The van der Waals surface area contributed by atoms with Crippen molar-refractivity contribution in [2.45, 2.75) is 33.7 Å². The Morgan fingerprint density at radius 2 is 1.92 bits per heavy atom. The molecule has 0 aliphatic heterocycles. The minimum atomic E-state index is -1.09. The lowest BCUT2D eigenvalue weighted by molar-refractivity contribution is 0.0690. The van der Waals surface area contributed by atoms with E-state index in [1.54, 1.807) is 0 Å². The predicted molar refractivity (Wildman–Crippen MR) is 89.3 cm³/mol. The molecule has 0 radical (unpaired) electrons. The van der Waals surface area contributed by atoms with Gasteiger partial charge in [-0.05, 0) is 38.0 Å². The van der Waals surface area contributed by atoms with E-state index in [-0.39, 0.29) is 5.69 Å². The molecule has 24 heavy (non-hydrogen) atoms. The molecule has 7 heteroatoms. The van der Waals surface area contributed by atoms with Gasteiger partial charge in [0.1, 0.15) is 0 Å². The molecule has 7 nitrogen and oxygen atoms in total. The number of carbonyl (C=O) groups is 1. The van der Waals surface area contributed by atoms with Gasteiger partial charge in [-0.1, -0.05) is 24.3 Å². The average Bonchev–Trinajstić information content (AvgIpc) is 3.14. The summed E-state index contributed by atoms with van der Waals surface area (Å²) in [6.45, 7) is 7.13. The molecule has 0 aliphatic rings. The number of hydrogen-bond acceptors (Lipinski definition) is 4. The first-order valence-electron chi connectivity index (χ1n) is 7.81. The highest BCUT2D eigenvalue weighted by Crippen LogP contribution is 2.27. The second kappa shape index (κ2) is 6.27. The third-order valence-corrected chi connectivity index (χ3v) is 3.95. The van der Waals surface area contributed by atoms with Crippen LogP contribution in [0.2, 0.25) is 0 Å². The summed E-state index contributed by atoms with van der Waals surface area (Å²) in [6.07, 6.45) is 2.44. The van der Waals surface area contributed by atoms with Gasteiger partial charge in [0, 0.05) is 17.8 Å². The summed E-state index contributed by atoms with van der Waals surface area (Å²) in [6, 6.07) is 7.77. The number of carboxylic acids is 1. The number of nitrogens with zero attached hydrogens (tertiary/aromatic N) is 5. The highest BCUT2D eigenvalue weighted by atomic mass is 16.4. The van der Waals surface area contributed by atoms with Crippen LogP contribution in [0.1, 0.15) is 35.2 Å². The maximum Gasteiger partial charge on any atom is 0.358 e. The molecule has 0 unspecified atom stereocenters. The number of aryl methyl sites for hydroxylation is 2. The smallest absolute Gasteiger partial charge is 0.358 e. The summed E-state index contributed by atoms with van der Waals surface area (Å²) in [4.78, 5) is 10.9. The first kappa shape index (κ1) is 15.9. The van der Waals surface area contributed by atoms with Crippen LogP contribution in [-0.4, -0.2) is 35.9 Å². The van der Waals surface area contributed by atoms with Gasteiger partial charge in [-0.3, -0.25) is 4.68 Å². The minimum Gasteiger partial charge on any atom is -0.476 e. The van der Waals surface area contributed by atoms with Crippen LogP contribution < -0.4 is 0 Å². The van der Waals surface area contributed by atoms with Crippen LogP contribution in [-0.2, 0) is 6.54 Å². The monoisotopic (exact) mass is 325 g/mol. The molecular formula is C17H19N5O2. The van der Waals surface area contributed by atoms with Crippen molar-refractivity contribution in [2.24, 2.45) is 0 Å². The van der Waals surface area contributed by atoms with Gasteiger partial charge in [-0.25, -0.2) is 9.48 Å². The summed E-state index contributed by atoms with van der Waals surface area (Å²) < 4.78 is 3.49. The lowest BCUT2D eigenvalue weighted by atomic mass is 10.0. The molecular weight excluding hydrogens is 306 g/mol. The standard InChI is InChI=1S/C17H19N5O2/c1-4-9-21-12(3)16(11(2)19-21)13-5-7-14(8-6-13)22-10-15(17(23)24)18-20-22/h5-8,10H,4,9H2,1-3H3,(H,23,24). The van der Waals surface area contributed by atoms with E-state index in [4.69, 9.17) is 5.11 Å². The fourth-order valence-electron chi connectivity index (χ4n) is 2.81. The molecule has 3 rings (SSSR count). The van der Waals surface area contributed by atoms with Crippen LogP contribution in [0, 0.1) is 13.8 Å². The topological polar surface area (TPSA) is 85.8 Å². The molecule has 0 fully saturated rings. The molecule has 0 amide bonds. The van der Waals surface area contributed by atoms with Crippen molar-refractivity contribution in [3.05, 3.63) is 47.5 Å². The van der Waals surface area contributed by atoms with Crippen LogP contribution in [0.25, 0.3) is 16.8 Å². The number of aromatic nitrogens is 5. The van der Waals surface area contributed by atoms with Crippen molar-refractivity contribution in [3.8, 4) is 16.8 Å². The second-order valence-electron chi connectivity index (χ2n) is 5.67. The van der Waals surface area contributed by atoms with Crippen molar-refractivity contribution in [1.82, 2.24) is 24.8 Å². The van der Waals surface area contributed by atoms with E-state index in [9.17, 15) is 4.79 Å². The lowest BCUT2D eigenvalue weighted by Crippen LogP contribution is -2.01. The molecule has 0 spiro atoms. The van der Waals surface area contributed by atoms with E-state index in [0.29, 0.717) is 0 Å². The van der Waals surface area contributed by atoms with Crippen LogP contribution >= 0.6 is 0 Å². The zero-order valence-electron chi connectivity index (χ0n) is 13.9. The van der Waals surface area contributed by atoms with E-state index >= 15 is 0 Å². The second-order valence-corrected chi connectivity index (χ2v) is 5.67. The Morgan fingerprint density at radius 3 is 2.50 bits per heavy atom. The average molecular weight is 325 g/mol. The van der Waals surface area contributed by atoms with Crippen molar-refractivity contribution in [2.75, 3.05) is 0 Å². The SMILES string of the molecule is CCCn1nc(C)c(-c2ccc(-n3cc(C(=O)O)nn3)cc2)c1C. The van der Waals surface area contributed by atoms with Crippen LogP contribution in [0.3, 0.4) is 0 Å². The Labute approximate surface area is 139 Å². The number of carboxylic acid groups (broad SMARTS) is 1. The molecule has 1 aromatic carbocycles. The van der Waals surface area contributed by atoms with Crippen molar-refractivity contribution in [3.63, 3.8) is 0 Å². The van der Waals surface area contributed by atoms with E-state index < -0.39 is 5.97 Å². The highest BCUT2D eigenvalue weighted by molar-refractivity contribution is 5.84. The molecule has 0 saturated carbocycles. The van der Waals surface area contributed by atoms with E-state index in [1.807, 2.05) is 35.9 Å². The summed E-state index contributed by atoms with van der Waals surface area (Å²) in [5.41, 5.74) is 5.05. The molecule has 0 saturated heterocycles. The van der Waals surface area contributed by atoms with Crippen molar-refractivity contribution in [1.29, 1.82) is 0 Å². The van der Waals surface area contributed by atoms with Gasteiger partial charge >= 0.3 is 5.97 Å². The Morgan fingerprint density at radius 1 is 1.21 bits per heavy atom. The fraction of sp³-hybridized carbons (Fsp3) is 0.294. The molecule has 124 valence electrons. The molecule has 1 N–H and O–H groups in total. The normalized spacial score (nSPS) is 11.0. The first-order chi connectivity index (χ1) is 11.5. The zero-order chi connectivity index (χ0) is 17.3. The van der Waals surface area contributed by atoms with Crippen LogP contribution in [0.5, 0.6) is 0 Å². The summed E-state index contributed by atoms with van der Waals surface area (Å²) in [5.74, 6) is -1.09. The maximum absolute atomic E-state index is 10.9. The molecule has 3 aromatic rings. The highest BCUT2D eigenvalue weighted by Gasteiger charge is 2.14. The third kappa shape index (κ3) is 2.80. The van der Waals surface area contributed by atoms with Crippen LogP contribution in [0.15, 0.2) is 30.5 Å². The summed E-state index contributed by atoms with van der Waals surface area (Å²) in [5, 5.41) is 21.0. The Kier molecular flexibility index (Phi) is 4.16. The molecule has 0 bridgehead atoms. The summed E-state index contributed by atoms with van der Waals surface area (Å²) in [7, 11) is 0. The largest absolute Gasteiger partial charge is 0.476 e. The van der Waals surface area contributed by atoms with Gasteiger partial charge in [0.15, 0.2) is 5.69 Å². The van der Waals surface area contributed by atoms with E-state index in [0.717, 1.165) is 41.2 Å². The lowest BCUT2D eigenvalue weighted by Gasteiger charge is -2.06. The van der Waals surface area contributed by atoms with Gasteiger partial charge in [-0.15, -0.1) is 5.10 Å². The third-order valence-electron chi connectivity index (χ3n) is 3.95. The van der Waals surface area contributed by atoms with E-state index in [1.165, 1.54) is 10.9 Å². The molecule has 0 aliphatic carbocycles. The minimum absolute atomic E-state index is 0.0772. The van der Waals surface area contributed by atoms with Crippen molar-refractivity contribution < 1.29 is 9.90 Å². The van der Waals surface area contributed by atoms with Gasteiger partial charge in [-0.2, -0.15) is 5.10 Å². The Balaban J connectivity index is 1.93. The number of aromatic carboxylic acids is 1. The summed E-state index contributed by atoms with van der Waals surface area (Å²) >= 11 is 0. The van der Waals surface area contributed by atoms with Gasteiger partial charge < -0.3 is 5.11 Å². The zero-order valence-corrected chi connectivity index (χ0v) is 13.9. The Hall–Kier alpha value is -2.96. The maximum atomic E-state index is 10.9. The molecule has 0 atom stereocenters. The first-order valence-corrected chi connectivity index (χ1v) is 7.81. The Bertz CT molecular complexity index is 877. The van der Waals surface area contributed by atoms with Crippen molar-refractivity contribution >= 4 is 5.97 Å². The quantitative estimate of drug-likeness (QED) is 0.779.